The molecule has 3 aromatic heterocycles. The summed E-state index contributed by atoms with van der Waals surface area (Å²) < 4.78 is 12.8. The first-order chi connectivity index (χ1) is 24.2. The smallest absolute Gasteiger partial charge is 0.121 e. The van der Waals surface area contributed by atoms with Crippen molar-refractivity contribution in [1.29, 1.82) is 5.26 Å². The molecule has 51 heavy (non-hydrogen) atoms. The Hall–Kier alpha value is -5.06. The first kappa shape index (κ1) is 35.8. The summed E-state index contributed by atoms with van der Waals surface area (Å²) in [6, 6.07) is 44.7. The summed E-state index contributed by atoms with van der Waals surface area (Å²) in [6.45, 7) is 2.18. The van der Waals surface area contributed by atoms with Crippen molar-refractivity contribution < 1.29 is 29.3 Å². The first-order valence-corrected chi connectivity index (χ1v) is 23.8. The fraction of sp³-hybridized carbons (Fsp3) is 0.114. The van der Waals surface area contributed by atoms with E-state index in [-0.39, 0.29) is 20.1 Å². The van der Waals surface area contributed by atoms with Crippen LogP contribution in [0.1, 0.15) is 11.1 Å². The Kier molecular flexibility index (Phi) is 10.5. The molecule has 8 aromatic rings. The number of hydrogen-bond acceptors (Lipinski definition) is 5. The Labute approximate surface area is 314 Å². The number of pyridine rings is 2. The van der Waals surface area contributed by atoms with Gasteiger partial charge in [-0.15, -0.1) is 23.8 Å². The van der Waals surface area contributed by atoms with E-state index < -0.39 is 13.3 Å². The quantitative estimate of drug-likeness (QED) is 0.127. The number of rotatable bonds is 5. The van der Waals surface area contributed by atoms with Crippen molar-refractivity contribution in [2.24, 2.45) is 0 Å². The topological polar surface area (TPSA) is 71.9 Å². The Bertz CT molecular complexity index is 2550. The van der Waals surface area contributed by atoms with Crippen LogP contribution in [0, 0.1) is 30.4 Å². The molecule has 0 saturated heterocycles. The van der Waals surface area contributed by atoms with Crippen LogP contribution in [0.5, 0.6) is 5.75 Å². The Morgan fingerprint density at radius 2 is 1.43 bits per heavy atom. The number of nitriles is 1. The molecule has 3 heterocycles. The molecule has 5 nitrogen and oxygen atoms in total. The molecule has 7 heteroatoms. The second-order valence-electron chi connectivity index (χ2n) is 13.3. The minimum absolute atomic E-state index is 0. The predicted molar refractivity (Wildman–Crippen MR) is 206 cm³/mol. The standard InChI is InChI=1S/C28H15N2O.C16H20GeNO.Ir/c29-16-18-5-7-19(8-6-18)21-9-11-24-25-13-22(10-12-27(25)31-28(24)15-21)26-14-20-3-1-2-4-23(20)17-30-26;1-12-9-16(18-11-15(12)17(2,3)4)13-7-6-8-14(10-13)19-5;/h1-9,11-15,17H;6,8-11H,1-5H3;/q2*-1;. The summed E-state index contributed by atoms with van der Waals surface area (Å²) in [5.41, 5.74) is 9.51. The number of furan rings is 1. The Morgan fingerprint density at radius 1 is 0.725 bits per heavy atom. The van der Waals surface area contributed by atoms with Gasteiger partial charge in [-0.3, -0.25) is 0 Å². The number of ether oxygens (including phenoxy) is 1. The molecule has 0 aliphatic rings. The predicted octanol–water partition coefficient (Wildman–Crippen LogP) is 10.5. The normalized spacial score (nSPS) is 11.1. The number of aromatic nitrogens is 2. The van der Waals surface area contributed by atoms with Gasteiger partial charge in [0.25, 0.3) is 0 Å². The molecule has 0 fully saturated rings. The monoisotopic (exact) mass is 904 g/mol. The first-order valence-electron chi connectivity index (χ1n) is 16.5. The largest absolute Gasteiger partial charge is 0.500 e. The van der Waals surface area contributed by atoms with Crippen LogP contribution in [-0.2, 0) is 20.1 Å². The number of methoxy groups -OCH3 is 1. The fourth-order valence-electron chi connectivity index (χ4n) is 6.23. The van der Waals surface area contributed by atoms with Gasteiger partial charge in [-0.2, -0.15) is 5.26 Å². The summed E-state index contributed by atoms with van der Waals surface area (Å²) in [4.78, 5) is 9.24. The number of aryl methyl sites for hydroxylation is 1. The third-order valence-corrected chi connectivity index (χ3v) is 13.4. The van der Waals surface area contributed by atoms with Crippen molar-refractivity contribution in [1.82, 2.24) is 9.97 Å². The van der Waals surface area contributed by atoms with Crippen LogP contribution < -0.4 is 9.13 Å². The third kappa shape index (κ3) is 7.67. The van der Waals surface area contributed by atoms with Gasteiger partial charge in [0.2, 0.25) is 0 Å². The van der Waals surface area contributed by atoms with Crippen LogP contribution in [0.25, 0.3) is 66.4 Å². The van der Waals surface area contributed by atoms with Crippen LogP contribution in [-0.4, -0.2) is 30.3 Å². The second-order valence-corrected chi connectivity index (χ2v) is 23.9. The van der Waals surface area contributed by atoms with Crippen molar-refractivity contribution in [3.63, 3.8) is 0 Å². The Morgan fingerprint density at radius 3 is 2.16 bits per heavy atom. The number of nitrogens with zero attached hydrogens (tertiary/aromatic N) is 3. The molecule has 0 unspecified atom stereocenters. The minimum atomic E-state index is -1.82. The summed E-state index contributed by atoms with van der Waals surface area (Å²) >= 11 is -1.82. The molecule has 8 rings (SSSR count). The summed E-state index contributed by atoms with van der Waals surface area (Å²) in [5.74, 6) is 8.01. The van der Waals surface area contributed by atoms with Crippen LogP contribution >= 0.6 is 0 Å². The van der Waals surface area contributed by atoms with Gasteiger partial charge in [-0.05, 0) is 45.8 Å². The van der Waals surface area contributed by atoms with Crippen LogP contribution in [0.4, 0.5) is 0 Å². The van der Waals surface area contributed by atoms with Crippen molar-refractivity contribution in [3.05, 3.63) is 145 Å². The average Bonchev–Trinajstić information content (AvgIpc) is 3.51. The molecule has 0 N–H and O–H groups in total. The molecule has 5 aromatic carbocycles. The average molecular weight is 903 g/mol. The minimum Gasteiger partial charge on any atom is -0.500 e. The number of fused-ring (bicyclic) bond motifs is 4. The fourth-order valence-corrected chi connectivity index (χ4v) is 9.81. The maximum absolute atomic E-state index is 9.01. The zero-order valence-corrected chi connectivity index (χ0v) is 33.5. The van der Waals surface area contributed by atoms with Crippen molar-refractivity contribution in [2.75, 3.05) is 7.11 Å². The van der Waals surface area contributed by atoms with Crippen molar-refractivity contribution in [3.8, 4) is 45.5 Å². The van der Waals surface area contributed by atoms with E-state index in [1.165, 1.54) is 9.96 Å². The molecule has 253 valence electrons. The molecule has 0 atom stereocenters. The van der Waals surface area contributed by atoms with E-state index in [4.69, 9.17) is 14.4 Å². The molecule has 1 radical (unpaired) electrons. The van der Waals surface area contributed by atoms with Gasteiger partial charge >= 0.3 is 118 Å². The van der Waals surface area contributed by atoms with E-state index in [1.54, 1.807) is 7.11 Å². The summed E-state index contributed by atoms with van der Waals surface area (Å²) in [5, 5.41) is 13.4. The van der Waals surface area contributed by atoms with Gasteiger partial charge in [0.05, 0.1) is 17.2 Å². The molecule has 0 spiro atoms. The van der Waals surface area contributed by atoms with E-state index in [2.05, 4.69) is 101 Å². The van der Waals surface area contributed by atoms with Gasteiger partial charge < -0.3 is 9.40 Å². The summed E-state index contributed by atoms with van der Waals surface area (Å²) in [7, 11) is 1.67. The van der Waals surface area contributed by atoms with Crippen molar-refractivity contribution >= 4 is 50.4 Å². The van der Waals surface area contributed by atoms with E-state index >= 15 is 0 Å². The van der Waals surface area contributed by atoms with E-state index in [1.807, 2.05) is 72.9 Å². The molecule has 0 saturated carbocycles. The van der Waals surface area contributed by atoms with E-state index in [9.17, 15) is 0 Å². The van der Waals surface area contributed by atoms with Gasteiger partial charge in [-0.25, -0.2) is 0 Å². The summed E-state index contributed by atoms with van der Waals surface area (Å²) in [6.07, 6.45) is 3.96. The van der Waals surface area contributed by atoms with Gasteiger partial charge in [0.15, 0.2) is 0 Å². The SMILES string of the molecule is COc1cc[c-]c(-c2cc(C)[c]([Ge]([CH3])([CH3])[CH3])cn2)c1.N#Cc1ccc(-c2ccc3c(c2)oc2c[c-]c(-c4cc5ccccc5cn4)cc23)cc1.[Ir]. The van der Waals surface area contributed by atoms with Gasteiger partial charge in [0.1, 0.15) is 5.58 Å². The van der Waals surface area contributed by atoms with E-state index in [0.29, 0.717) is 5.56 Å². The number of hydrogen-bond donors (Lipinski definition) is 0. The maximum atomic E-state index is 9.01. The third-order valence-electron chi connectivity index (χ3n) is 8.86. The van der Waals surface area contributed by atoms with E-state index in [0.717, 1.165) is 72.1 Å². The molecule has 0 amide bonds. The van der Waals surface area contributed by atoms with Crippen LogP contribution in [0.15, 0.2) is 126 Å². The molecule has 0 bridgehead atoms. The van der Waals surface area contributed by atoms with Gasteiger partial charge in [0, 0.05) is 31.7 Å². The molecule has 0 aliphatic carbocycles. The van der Waals surface area contributed by atoms with Crippen LogP contribution in [0.2, 0.25) is 17.3 Å². The second kappa shape index (κ2) is 15.0. The molecular weight excluding hydrogens is 867 g/mol. The number of benzene rings is 5. The maximum Gasteiger partial charge on any atom is 0.121 e. The molecular formula is C44H35GeIrN3O2-2. The zero-order chi connectivity index (χ0) is 34.8. The van der Waals surface area contributed by atoms with Crippen molar-refractivity contribution in [2.45, 2.75) is 24.2 Å². The molecule has 0 aliphatic heterocycles. The van der Waals surface area contributed by atoms with Crippen LogP contribution in [0.3, 0.4) is 0 Å². The Balaban J connectivity index is 0.000000194. The van der Waals surface area contributed by atoms with Gasteiger partial charge in [-0.1, -0.05) is 60.0 Å². The zero-order valence-electron chi connectivity index (χ0n) is 29.0.